The third-order valence-electron chi connectivity index (χ3n) is 4.56. The van der Waals surface area contributed by atoms with Crippen molar-refractivity contribution < 1.29 is 14.5 Å². The van der Waals surface area contributed by atoms with Crippen molar-refractivity contribution in [2.75, 3.05) is 31.3 Å². The minimum Gasteiger partial charge on any atom is -0.481 e. The molecule has 8 nitrogen and oxygen atoms in total. The molecule has 0 aliphatic carbocycles. The summed E-state index contributed by atoms with van der Waals surface area (Å²) in [6.07, 6.45) is 4.37. The minimum atomic E-state index is -3.12. The second kappa shape index (κ2) is 7.37. The normalized spacial score (nSPS) is 16.4. The molecule has 136 valence electrons. The molecule has 10 heteroatoms. The molecule has 3 rings (SSSR count). The molecule has 3 heterocycles. The van der Waals surface area contributed by atoms with E-state index in [1.54, 1.807) is 19.4 Å². The molecule has 0 saturated carbocycles. The van der Waals surface area contributed by atoms with Crippen LogP contribution in [-0.4, -0.2) is 51.3 Å². The molecule has 0 radical (unpaired) electrons. The molecular formula is C15H21N4O4PS. The number of aromatic nitrogens is 3. The molecule has 1 saturated heterocycles. The predicted molar refractivity (Wildman–Crippen MR) is 99.9 cm³/mol. The van der Waals surface area contributed by atoms with Gasteiger partial charge in [-0.3, -0.25) is 4.79 Å². The van der Waals surface area contributed by atoms with Crippen LogP contribution in [0, 0.1) is 5.92 Å². The maximum absolute atomic E-state index is 12.2. The van der Waals surface area contributed by atoms with E-state index in [0.29, 0.717) is 34.6 Å². The molecule has 0 bridgehead atoms. The number of rotatable bonds is 5. The van der Waals surface area contributed by atoms with Gasteiger partial charge >= 0.3 is 0 Å². The number of H-pyrrole nitrogens is 1. The Balaban J connectivity index is 1.81. The number of fused-ring (bicyclic) bond motifs is 1. The largest absolute Gasteiger partial charge is 0.481 e. The number of pyridine rings is 1. The minimum absolute atomic E-state index is 0.272. The zero-order chi connectivity index (χ0) is 18.0. The van der Waals surface area contributed by atoms with Gasteiger partial charge in [-0.15, -0.1) is 0 Å². The van der Waals surface area contributed by atoms with Crippen molar-refractivity contribution in [1.29, 1.82) is 0 Å². The van der Waals surface area contributed by atoms with Crippen molar-refractivity contribution in [1.82, 2.24) is 15.2 Å². The summed E-state index contributed by atoms with van der Waals surface area (Å²) in [7, 11) is 1.54. The summed E-state index contributed by atoms with van der Waals surface area (Å²) in [6.45, 7) is -1.64. The van der Waals surface area contributed by atoms with Crippen LogP contribution in [0.3, 0.4) is 0 Å². The summed E-state index contributed by atoms with van der Waals surface area (Å²) in [5.41, 5.74) is -0.272. The van der Waals surface area contributed by atoms with E-state index in [0.717, 1.165) is 32.4 Å². The molecular weight excluding hydrogens is 363 g/mol. The fourth-order valence-corrected chi connectivity index (χ4v) is 4.21. The maximum Gasteiger partial charge on any atom is 0.275 e. The highest BCUT2D eigenvalue weighted by atomic mass is 32.5. The molecule has 0 amide bonds. The van der Waals surface area contributed by atoms with Crippen LogP contribution >= 0.6 is 6.49 Å². The van der Waals surface area contributed by atoms with Gasteiger partial charge < -0.3 is 19.4 Å². The molecule has 0 spiro atoms. The zero-order valence-electron chi connectivity index (χ0n) is 13.9. The molecule has 0 atom stereocenters. The number of nitrogens with one attached hydrogen (secondary N) is 1. The first-order chi connectivity index (χ1) is 11.9. The first kappa shape index (κ1) is 18.3. The van der Waals surface area contributed by atoms with Crippen LogP contribution in [0.1, 0.15) is 19.3 Å². The van der Waals surface area contributed by atoms with Crippen molar-refractivity contribution in [2.24, 2.45) is 5.92 Å². The summed E-state index contributed by atoms with van der Waals surface area (Å²) in [6, 6.07) is 1.70. The topological polar surface area (TPSA) is 112 Å². The number of aromatic amines is 1. The monoisotopic (exact) mass is 384 g/mol. The summed E-state index contributed by atoms with van der Waals surface area (Å²) < 4.78 is 5.25. The highest BCUT2D eigenvalue weighted by Gasteiger charge is 2.24. The molecule has 1 aliphatic rings. The van der Waals surface area contributed by atoms with Gasteiger partial charge in [-0.05, 0) is 37.0 Å². The lowest BCUT2D eigenvalue weighted by Gasteiger charge is -2.33. The SMILES string of the molecule is COc1cc2cn[nH]c(=O)c2c(N2CCC(CCP(O)(O)=S)CC2)n1. The Morgan fingerprint density at radius 3 is 2.80 bits per heavy atom. The molecule has 2 aromatic heterocycles. The van der Waals surface area contributed by atoms with E-state index < -0.39 is 6.49 Å². The van der Waals surface area contributed by atoms with Crippen LogP contribution in [0.4, 0.5) is 5.82 Å². The van der Waals surface area contributed by atoms with Crippen LogP contribution in [0.25, 0.3) is 10.8 Å². The average Bonchev–Trinajstić information content (AvgIpc) is 2.59. The number of methoxy groups -OCH3 is 1. The van der Waals surface area contributed by atoms with E-state index in [2.05, 4.69) is 20.1 Å². The van der Waals surface area contributed by atoms with Crippen LogP contribution in [-0.2, 0) is 11.8 Å². The highest BCUT2D eigenvalue weighted by molar-refractivity contribution is 8.09. The average molecular weight is 384 g/mol. The summed E-state index contributed by atoms with van der Waals surface area (Å²) in [5, 5.41) is 7.50. The lowest BCUT2D eigenvalue weighted by atomic mass is 9.94. The number of hydrogen-bond acceptors (Lipinski definition) is 6. The Morgan fingerprint density at radius 1 is 1.44 bits per heavy atom. The number of ether oxygens (including phenoxy) is 1. The Bertz CT molecular complexity index is 860. The lowest BCUT2D eigenvalue weighted by Crippen LogP contribution is -2.35. The standard InChI is InChI=1S/C15H21N4O4PS/c1-23-12-8-11-9-16-18-15(20)13(11)14(17-12)19-5-2-10(3-6-19)4-7-24(21,22)25/h8-10H,2-7H2,1H3,(H,18,20)(H2,21,22,25). The van der Waals surface area contributed by atoms with Crippen LogP contribution < -0.4 is 15.2 Å². The zero-order valence-corrected chi connectivity index (χ0v) is 15.6. The van der Waals surface area contributed by atoms with Gasteiger partial charge in [0, 0.05) is 30.7 Å². The van der Waals surface area contributed by atoms with Gasteiger partial charge in [0.15, 0.2) is 6.49 Å². The third kappa shape index (κ3) is 4.36. The number of hydrogen-bond donors (Lipinski definition) is 3. The van der Waals surface area contributed by atoms with E-state index in [1.807, 2.05) is 0 Å². The molecule has 25 heavy (non-hydrogen) atoms. The summed E-state index contributed by atoms with van der Waals surface area (Å²) in [5.74, 6) is 1.44. The Hall–Kier alpha value is -1.54. The Morgan fingerprint density at radius 2 is 2.16 bits per heavy atom. The van der Waals surface area contributed by atoms with Crippen LogP contribution in [0.5, 0.6) is 5.88 Å². The summed E-state index contributed by atoms with van der Waals surface area (Å²) >= 11 is 4.69. The van der Waals surface area contributed by atoms with Gasteiger partial charge in [-0.25, -0.2) is 5.10 Å². The number of anilines is 1. The second-order valence-electron chi connectivity index (χ2n) is 6.26. The molecule has 0 aromatic carbocycles. The molecule has 3 N–H and O–H groups in total. The molecule has 0 unspecified atom stereocenters. The van der Waals surface area contributed by atoms with E-state index in [4.69, 9.17) is 16.5 Å². The predicted octanol–water partition coefficient (Wildman–Crippen LogP) is 1.23. The van der Waals surface area contributed by atoms with Crippen LogP contribution in [0.2, 0.25) is 0 Å². The van der Waals surface area contributed by atoms with Crippen LogP contribution in [0.15, 0.2) is 17.1 Å². The van der Waals surface area contributed by atoms with Gasteiger partial charge in [-0.1, -0.05) is 0 Å². The Labute approximate surface area is 150 Å². The van der Waals surface area contributed by atoms with Crippen molar-refractivity contribution in [3.8, 4) is 5.88 Å². The smallest absolute Gasteiger partial charge is 0.275 e. The number of piperidine rings is 1. The maximum atomic E-state index is 12.2. The third-order valence-corrected chi connectivity index (χ3v) is 5.94. The highest BCUT2D eigenvalue weighted by Crippen LogP contribution is 2.38. The first-order valence-electron chi connectivity index (χ1n) is 8.09. The quantitative estimate of drug-likeness (QED) is 0.660. The fraction of sp³-hybridized carbons (Fsp3) is 0.533. The van der Waals surface area contributed by atoms with E-state index >= 15 is 0 Å². The van der Waals surface area contributed by atoms with Gasteiger partial charge in [-0.2, -0.15) is 10.1 Å². The molecule has 1 fully saturated rings. The summed E-state index contributed by atoms with van der Waals surface area (Å²) in [4.78, 5) is 37.6. The van der Waals surface area contributed by atoms with Crippen molar-refractivity contribution in [3.05, 3.63) is 22.6 Å². The van der Waals surface area contributed by atoms with Crippen molar-refractivity contribution in [2.45, 2.75) is 19.3 Å². The van der Waals surface area contributed by atoms with Crippen molar-refractivity contribution >= 4 is 34.9 Å². The second-order valence-corrected chi connectivity index (χ2v) is 9.79. The van der Waals surface area contributed by atoms with Crippen molar-refractivity contribution in [3.63, 3.8) is 0 Å². The van der Waals surface area contributed by atoms with Gasteiger partial charge in [0.2, 0.25) is 5.88 Å². The fourth-order valence-electron chi connectivity index (χ4n) is 3.20. The van der Waals surface area contributed by atoms with Gasteiger partial charge in [0.05, 0.1) is 18.7 Å². The molecule has 2 aromatic rings. The van der Waals surface area contributed by atoms with E-state index in [9.17, 15) is 14.6 Å². The number of nitrogens with zero attached hydrogens (tertiary/aromatic N) is 3. The van der Waals surface area contributed by atoms with E-state index in [-0.39, 0.29) is 5.56 Å². The van der Waals surface area contributed by atoms with E-state index in [1.165, 1.54) is 0 Å². The Kier molecular flexibility index (Phi) is 5.38. The lowest BCUT2D eigenvalue weighted by molar-refractivity contribution is 0.381. The van der Waals surface area contributed by atoms with Gasteiger partial charge in [0.1, 0.15) is 5.82 Å². The first-order valence-corrected chi connectivity index (χ1v) is 11.0. The molecule has 1 aliphatic heterocycles. The van der Waals surface area contributed by atoms with Gasteiger partial charge in [0.25, 0.3) is 5.56 Å².